The number of amides is 2. The molecule has 0 unspecified atom stereocenters. The highest BCUT2D eigenvalue weighted by Crippen LogP contribution is 2.39. The van der Waals surface area contributed by atoms with Crippen molar-refractivity contribution in [3.63, 3.8) is 0 Å². The van der Waals surface area contributed by atoms with E-state index in [1.165, 1.54) is 4.57 Å². The van der Waals surface area contributed by atoms with E-state index in [2.05, 4.69) is 15.0 Å². The van der Waals surface area contributed by atoms with Gasteiger partial charge in [0.1, 0.15) is 23.4 Å². The first kappa shape index (κ1) is 27.6. The van der Waals surface area contributed by atoms with Gasteiger partial charge < -0.3 is 29.5 Å². The molecule has 0 radical (unpaired) electrons. The molecule has 0 spiro atoms. The number of carbonyl (C=O) groups is 2. The van der Waals surface area contributed by atoms with Crippen molar-refractivity contribution in [3.05, 3.63) is 11.6 Å². The number of hydrogen-bond acceptors (Lipinski definition) is 11. The van der Waals surface area contributed by atoms with E-state index in [0.29, 0.717) is 4.90 Å². The molecule has 0 bridgehead atoms. The summed E-state index contributed by atoms with van der Waals surface area (Å²) in [7, 11) is 0. The van der Waals surface area contributed by atoms with Crippen LogP contribution in [0.3, 0.4) is 0 Å². The molecule has 196 valence electrons. The maximum absolute atomic E-state index is 13.1. The van der Waals surface area contributed by atoms with Crippen LogP contribution in [0, 0.1) is 12.3 Å². The van der Waals surface area contributed by atoms with Crippen LogP contribution in [-0.2, 0) is 14.2 Å². The van der Waals surface area contributed by atoms with Crippen molar-refractivity contribution < 1.29 is 39.1 Å². The van der Waals surface area contributed by atoms with Gasteiger partial charge in [-0.1, -0.05) is 5.92 Å². The summed E-state index contributed by atoms with van der Waals surface area (Å²) >= 11 is 6.14. The third-order valence-corrected chi connectivity index (χ3v) is 5.10. The Morgan fingerprint density at radius 3 is 2.22 bits per heavy atom. The Hall–Kier alpha value is -3.02. The summed E-state index contributed by atoms with van der Waals surface area (Å²) < 4.78 is 17.5. The number of rotatable bonds is 3. The molecule has 3 rings (SSSR count). The second-order valence-corrected chi connectivity index (χ2v) is 10.4. The zero-order valence-electron chi connectivity index (χ0n) is 20.6. The maximum atomic E-state index is 13.1. The summed E-state index contributed by atoms with van der Waals surface area (Å²) in [6.07, 6.45) is -0.0714. The van der Waals surface area contributed by atoms with Crippen LogP contribution >= 0.6 is 11.6 Å². The molecule has 3 N–H and O–H groups in total. The Labute approximate surface area is 211 Å². The number of nitrogens with zero attached hydrogens (tertiary/aromatic N) is 5. The molecule has 0 saturated carbocycles. The normalized spacial score (nSPS) is 24.4. The van der Waals surface area contributed by atoms with E-state index in [1.54, 1.807) is 41.5 Å². The number of carbonyl (C=O) groups excluding carboxylic acids is 2. The lowest BCUT2D eigenvalue weighted by Crippen LogP contribution is -2.47. The van der Waals surface area contributed by atoms with Gasteiger partial charge >= 0.3 is 12.2 Å². The van der Waals surface area contributed by atoms with Crippen LogP contribution in [0.25, 0.3) is 11.2 Å². The SMILES string of the molecule is C#C[C@]1(O)[C@@H](CO)O[C@@H](n2cnc3c(N(C(=O)OC(C)(C)C)C(=O)OC(C)(C)C)nc(Cl)nc32)[C@@H]1O. The Morgan fingerprint density at radius 2 is 1.78 bits per heavy atom. The smallest absolute Gasteiger partial charge is 0.425 e. The van der Waals surface area contributed by atoms with Crippen molar-refractivity contribution >= 4 is 40.8 Å². The fourth-order valence-corrected chi connectivity index (χ4v) is 3.57. The number of fused-ring (bicyclic) bond motifs is 1. The second-order valence-electron chi connectivity index (χ2n) is 10.0. The molecule has 3 heterocycles. The number of imidazole rings is 1. The number of imide groups is 1. The zero-order valence-corrected chi connectivity index (χ0v) is 21.3. The lowest BCUT2D eigenvalue weighted by atomic mass is 9.93. The largest absolute Gasteiger partial charge is 0.443 e. The predicted octanol–water partition coefficient (Wildman–Crippen LogP) is 1.77. The average Bonchev–Trinajstić information content (AvgIpc) is 3.24. The number of aromatic nitrogens is 4. The monoisotopic (exact) mass is 525 g/mol. The van der Waals surface area contributed by atoms with Gasteiger partial charge in [0.25, 0.3) is 0 Å². The Bertz CT molecular complexity index is 1190. The van der Waals surface area contributed by atoms with Crippen LogP contribution < -0.4 is 4.90 Å². The number of aliphatic hydroxyl groups excluding tert-OH is 2. The molecule has 1 aliphatic heterocycles. The molecule has 2 aromatic heterocycles. The standard InChI is InChI=1S/C22H28ClN5O8/c1-8-22(33)11(9-29)34-16(13(22)30)27-10-24-12-14(27)25-17(23)26-15(12)28(18(31)35-20(2,3)4)19(32)36-21(5,6)7/h1,10-11,13,16,29-30,33H,9H2,2-7H3/t11-,13+,16-,22+/m1/s1. The molecule has 4 atom stereocenters. The third-order valence-electron chi connectivity index (χ3n) is 4.93. The van der Waals surface area contributed by atoms with Crippen molar-refractivity contribution in [3.8, 4) is 12.3 Å². The highest BCUT2D eigenvalue weighted by molar-refractivity contribution is 6.29. The van der Waals surface area contributed by atoms with Crippen LogP contribution in [-0.4, -0.2) is 82.6 Å². The number of halogens is 1. The Kier molecular flexibility index (Phi) is 7.24. The minimum absolute atomic E-state index is 0.0795. The van der Waals surface area contributed by atoms with Crippen molar-refractivity contribution in [1.82, 2.24) is 19.5 Å². The van der Waals surface area contributed by atoms with E-state index in [0.717, 1.165) is 6.33 Å². The fourth-order valence-electron chi connectivity index (χ4n) is 3.41. The third kappa shape index (κ3) is 5.23. The summed E-state index contributed by atoms with van der Waals surface area (Å²) in [5, 5.41) is 30.5. The maximum Gasteiger partial charge on any atom is 0.425 e. The molecule has 2 aromatic rings. The van der Waals surface area contributed by atoms with Crippen LogP contribution in [0.4, 0.5) is 15.4 Å². The number of terminal acetylenes is 1. The van der Waals surface area contributed by atoms with Gasteiger partial charge in [-0.15, -0.1) is 6.42 Å². The molecule has 1 saturated heterocycles. The van der Waals surface area contributed by atoms with Gasteiger partial charge in [-0.2, -0.15) is 14.9 Å². The summed E-state index contributed by atoms with van der Waals surface area (Å²) in [4.78, 5) is 39.0. The zero-order chi connectivity index (χ0) is 27.2. The molecule has 36 heavy (non-hydrogen) atoms. The van der Waals surface area contributed by atoms with Gasteiger partial charge in [-0.25, -0.2) is 14.6 Å². The van der Waals surface area contributed by atoms with Gasteiger partial charge in [0.05, 0.1) is 12.9 Å². The van der Waals surface area contributed by atoms with Crippen LogP contribution in [0.15, 0.2) is 6.33 Å². The molecular weight excluding hydrogens is 498 g/mol. The molecule has 1 aliphatic rings. The lowest BCUT2D eigenvalue weighted by Gasteiger charge is -2.28. The van der Waals surface area contributed by atoms with E-state index < -0.39 is 59.3 Å². The number of ether oxygens (including phenoxy) is 3. The van der Waals surface area contributed by atoms with Crippen LogP contribution in [0.1, 0.15) is 47.8 Å². The summed E-state index contributed by atoms with van der Waals surface area (Å²) in [6, 6.07) is 0. The van der Waals surface area contributed by atoms with E-state index in [4.69, 9.17) is 32.2 Å². The highest BCUT2D eigenvalue weighted by Gasteiger charge is 2.55. The predicted molar refractivity (Wildman–Crippen MR) is 126 cm³/mol. The van der Waals surface area contributed by atoms with Crippen molar-refractivity contribution in [2.75, 3.05) is 11.5 Å². The Balaban J connectivity index is 2.17. The van der Waals surface area contributed by atoms with Gasteiger partial charge in [0.15, 0.2) is 28.8 Å². The molecule has 0 aromatic carbocycles. The van der Waals surface area contributed by atoms with Crippen molar-refractivity contribution in [2.45, 2.75) is 76.8 Å². The summed E-state index contributed by atoms with van der Waals surface area (Å²) in [6.45, 7) is 8.97. The van der Waals surface area contributed by atoms with E-state index in [1.807, 2.05) is 5.92 Å². The molecule has 1 fully saturated rings. The van der Waals surface area contributed by atoms with E-state index in [-0.39, 0.29) is 17.0 Å². The molecule has 13 nitrogen and oxygen atoms in total. The van der Waals surface area contributed by atoms with Gasteiger partial charge in [0, 0.05) is 0 Å². The second kappa shape index (κ2) is 9.45. The van der Waals surface area contributed by atoms with E-state index in [9.17, 15) is 24.9 Å². The first-order chi connectivity index (χ1) is 16.5. The van der Waals surface area contributed by atoms with Gasteiger partial charge in [-0.05, 0) is 53.1 Å². The number of anilines is 1. The summed E-state index contributed by atoms with van der Waals surface area (Å²) in [5.74, 6) is 1.69. The minimum Gasteiger partial charge on any atom is -0.443 e. The molecular formula is C22H28ClN5O8. The van der Waals surface area contributed by atoms with Crippen LogP contribution in [0.5, 0.6) is 0 Å². The van der Waals surface area contributed by atoms with Crippen molar-refractivity contribution in [1.29, 1.82) is 0 Å². The number of aliphatic hydroxyl groups is 3. The molecule has 2 amide bonds. The Morgan fingerprint density at radius 1 is 1.22 bits per heavy atom. The lowest BCUT2D eigenvalue weighted by molar-refractivity contribution is -0.0605. The molecule has 0 aliphatic carbocycles. The van der Waals surface area contributed by atoms with Gasteiger partial charge in [-0.3, -0.25) is 4.57 Å². The van der Waals surface area contributed by atoms with Crippen LogP contribution in [0.2, 0.25) is 5.28 Å². The quantitative estimate of drug-likeness (QED) is 0.394. The van der Waals surface area contributed by atoms with Gasteiger partial charge in [0.2, 0.25) is 5.28 Å². The first-order valence-electron chi connectivity index (χ1n) is 10.8. The average molecular weight is 526 g/mol. The fraction of sp³-hybridized carbons (Fsp3) is 0.591. The first-order valence-corrected chi connectivity index (χ1v) is 11.2. The van der Waals surface area contributed by atoms with Crippen molar-refractivity contribution in [2.24, 2.45) is 0 Å². The minimum atomic E-state index is -2.21. The topological polar surface area (TPSA) is 169 Å². The summed E-state index contributed by atoms with van der Waals surface area (Å²) in [5.41, 5.74) is -4.36. The van der Waals surface area contributed by atoms with E-state index >= 15 is 0 Å². The molecule has 14 heteroatoms. The highest BCUT2D eigenvalue weighted by atomic mass is 35.5. The number of hydrogen-bond donors (Lipinski definition) is 3.